The van der Waals surface area contributed by atoms with E-state index >= 15 is 0 Å². The first-order valence-corrected chi connectivity index (χ1v) is 5.97. The number of nitrogens with two attached hydrogens (primary N) is 1. The van der Waals surface area contributed by atoms with Gasteiger partial charge in [0.25, 0.3) is 5.91 Å². The van der Waals surface area contributed by atoms with Gasteiger partial charge in [-0.05, 0) is 31.5 Å². The topological polar surface area (TPSA) is 73.6 Å². The van der Waals surface area contributed by atoms with Crippen LogP contribution in [0.2, 0.25) is 0 Å². The van der Waals surface area contributed by atoms with Crippen molar-refractivity contribution in [1.82, 2.24) is 5.32 Å². The van der Waals surface area contributed by atoms with E-state index in [-0.39, 0.29) is 12.5 Å². The molecule has 1 aromatic rings. The van der Waals surface area contributed by atoms with Gasteiger partial charge in [-0.25, -0.2) is 0 Å². The Balaban J connectivity index is 2.73. The van der Waals surface area contributed by atoms with Crippen LogP contribution >= 0.6 is 0 Å². The maximum atomic E-state index is 11.3. The molecular weight excluding hydrogens is 232 g/mol. The van der Waals surface area contributed by atoms with Crippen molar-refractivity contribution in [3.63, 3.8) is 0 Å². The molecule has 0 fully saturated rings. The third-order valence-electron chi connectivity index (χ3n) is 2.42. The fraction of sp³-hybridized carbons (Fsp3) is 0.462. The SMILES string of the molecule is CCNC(=O)COc1cc(OC)ccc1CCN. The van der Waals surface area contributed by atoms with Crippen molar-refractivity contribution in [2.75, 3.05) is 26.8 Å². The Hall–Kier alpha value is -1.75. The van der Waals surface area contributed by atoms with Crippen LogP contribution in [0.5, 0.6) is 11.5 Å². The average molecular weight is 252 g/mol. The largest absolute Gasteiger partial charge is 0.497 e. The zero-order valence-corrected chi connectivity index (χ0v) is 10.9. The predicted molar refractivity (Wildman–Crippen MR) is 69.9 cm³/mol. The Labute approximate surface area is 107 Å². The van der Waals surface area contributed by atoms with E-state index in [9.17, 15) is 4.79 Å². The van der Waals surface area contributed by atoms with Crippen molar-refractivity contribution in [2.24, 2.45) is 5.73 Å². The fourth-order valence-electron chi connectivity index (χ4n) is 1.55. The number of carbonyl (C=O) groups is 1. The van der Waals surface area contributed by atoms with Crippen LogP contribution in [-0.2, 0) is 11.2 Å². The first kappa shape index (κ1) is 14.3. The van der Waals surface area contributed by atoms with Gasteiger partial charge < -0.3 is 20.5 Å². The molecule has 1 amide bonds. The maximum absolute atomic E-state index is 11.3. The molecule has 0 atom stereocenters. The number of rotatable bonds is 7. The molecule has 5 nitrogen and oxygen atoms in total. The van der Waals surface area contributed by atoms with Gasteiger partial charge in [0.1, 0.15) is 11.5 Å². The molecule has 3 N–H and O–H groups in total. The zero-order chi connectivity index (χ0) is 13.4. The molecule has 0 aliphatic heterocycles. The van der Waals surface area contributed by atoms with Crippen LogP contribution in [0.15, 0.2) is 18.2 Å². The van der Waals surface area contributed by atoms with Gasteiger partial charge in [-0.3, -0.25) is 4.79 Å². The molecule has 0 saturated carbocycles. The highest BCUT2D eigenvalue weighted by Crippen LogP contribution is 2.25. The number of benzene rings is 1. The lowest BCUT2D eigenvalue weighted by Crippen LogP contribution is -2.28. The first-order valence-electron chi connectivity index (χ1n) is 5.97. The second kappa shape index (κ2) is 7.55. The molecule has 1 aromatic carbocycles. The summed E-state index contributed by atoms with van der Waals surface area (Å²) >= 11 is 0. The van der Waals surface area contributed by atoms with Gasteiger partial charge in [0.2, 0.25) is 0 Å². The van der Waals surface area contributed by atoms with Crippen molar-refractivity contribution < 1.29 is 14.3 Å². The molecule has 0 saturated heterocycles. The summed E-state index contributed by atoms with van der Waals surface area (Å²) in [5.74, 6) is 1.20. The fourth-order valence-corrected chi connectivity index (χ4v) is 1.55. The summed E-state index contributed by atoms with van der Waals surface area (Å²) in [6.45, 7) is 2.99. The van der Waals surface area contributed by atoms with E-state index in [0.717, 1.165) is 5.56 Å². The number of hydrogen-bond donors (Lipinski definition) is 2. The van der Waals surface area contributed by atoms with Crippen LogP contribution in [0.3, 0.4) is 0 Å². The molecule has 0 bridgehead atoms. The minimum atomic E-state index is -0.140. The molecule has 1 rings (SSSR count). The molecule has 5 heteroatoms. The summed E-state index contributed by atoms with van der Waals surface area (Å²) in [6, 6.07) is 5.52. The number of ether oxygens (including phenoxy) is 2. The zero-order valence-electron chi connectivity index (χ0n) is 10.9. The van der Waals surface area contributed by atoms with Gasteiger partial charge in [-0.2, -0.15) is 0 Å². The van der Waals surface area contributed by atoms with Crippen LogP contribution < -0.4 is 20.5 Å². The second-order valence-electron chi connectivity index (χ2n) is 3.75. The van der Waals surface area contributed by atoms with E-state index in [1.807, 2.05) is 19.1 Å². The van der Waals surface area contributed by atoms with Gasteiger partial charge in [0, 0.05) is 12.6 Å². The van der Waals surface area contributed by atoms with E-state index in [4.69, 9.17) is 15.2 Å². The predicted octanol–water partition coefficient (Wildman–Crippen LogP) is 0.711. The van der Waals surface area contributed by atoms with Crippen LogP contribution in [0.1, 0.15) is 12.5 Å². The monoisotopic (exact) mass is 252 g/mol. The van der Waals surface area contributed by atoms with E-state index in [1.54, 1.807) is 13.2 Å². The van der Waals surface area contributed by atoms with Crippen molar-refractivity contribution in [3.05, 3.63) is 23.8 Å². The highest BCUT2D eigenvalue weighted by molar-refractivity contribution is 5.77. The third kappa shape index (κ3) is 4.25. The van der Waals surface area contributed by atoms with Crippen molar-refractivity contribution in [2.45, 2.75) is 13.3 Å². The Bertz CT molecular complexity index is 394. The van der Waals surface area contributed by atoms with Crippen LogP contribution in [0, 0.1) is 0 Å². The highest BCUT2D eigenvalue weighted by Gasteiger charge is 2.07. The van der Waals surface area contributed by atoms with Crippen molar-refractivity contribution >= 4 is 5.91 Å². The molecule has 0 aliphatic carbocycles. The quantitative estimate of drug-likeness (QED) is 0.749. The van der Waals surface area contributed by atoms with E-state index < -0.39 is 0 Å². The molecule has 100 valence electrons. The summed E-state index contributed by atoms with van der Waals surface area (Å²) in [6.07, 6.45) is 0.703. The number of carbonyl (C=O) groups excluding carboxylic acids is 1. The summed E-state index contributed by atoms with van der Waals surface area (Å²) in [7, 11) is 1.59. The van der Waals surface area contributed by atoms with Gasteiger partial charge in [-0.15, -0.1) is 0 Å². The summed E-state index contributed by atoms with van der Waals surface area (Å²) in [5, 5.41) is 2.68. The number of nitrogens with one attached hydrogen (secondary N) is 1. The van der Waals surface area contributed by atoms with Crippen molar-refractivity contribution in [1.29, 1.82) is 0 Å². The molecule has 18 heavy (non-hydrogen) atoms. The summed E-state index contributed by atoms with van der Waals surface area (Å²) < 4.78 is 10.6. The molecule has 0 unspecified atom stereocenters. The lowest BCUT2D eigenvalue weighted by atomic mass is 10.1. The third-order valence-corrected chi connectivity index (χ3v) is 2.42. The smallest absolute Gasteiger partial charge is 0.257 e. The van der Waals surface area contributed by atoms with Gasteiger partial charge in [0.05, 0.1) is 7.11 Å². The molecule has 0 spiro atoms. The number of likely N-dealkylation sites (N-methyl/N-ethyl adjacent to an activating group) is 1. The summed E-state index contributed by atoms with van der Waals surface area (Å²) in [4.78, 5) is 11.3. The summed E-state index contributed by atoms with van der Waals surface area (Å²) in [5.41, 5.74) is 6.51. The van der Waals surface area contributed by atoms with Crippen LogP contribution in [0.25, 0.3) is 0 Å². The van der Waals surface area contributed by atoms with Crippen LogP contribution in [0.4, 0.5) is 0 Å². The van der Waals surface area contributed by atoms with E-state index in [2.05, 4.69) is 5.32 Å². The van der Waals surface area contributed by atoms with Crippen molar-refractivity contribution in [3.8, 4) is 11.5 Å². The highest BCUT2D eigenvalue weighted by atomic mass is 16.5. The standard InChI is InChI=1S/C13H20N2O3/c1-3-15-13(16)9-18-12-8-11(17-2)5-4-10(12)6-7-14/h4-5,8H,3,6-7,9,14H2,1-2H3,(H,15,16). The maximum Gasteiger partial charge on any atom is 0.257 e. The normalized spacial score (nSPS) is 9.94. The van der Waals surface area contributed by atoms with Gasteiger partial charge in [0.15, 0.2) is 6.61 Å². The molecule has 0 radical (unpaired) electrons. The van der Waals surface area contributed by atoms with E-state index in [0.29, 0.717) is 31.0 Å². The number of hydrogen-bond acceptors (Lipinski definition) is 4. The number of methoxy groups -OCH3 is 1. The lowest BCUT2D eigenvalue weighted by molar-refractivity contribution is -0.122. The van der Waals surface area contributed by atoms with Gasteiger partial charge >= 0.3 is 0 Å². The minimum absolute atomic E-state index is 0.00141. The van der Waals surface area contributed by atoms with Gasteiger partial charge in [-0.1, -0.05) is 6.07 Å². The van der Waals surface area contributed by atoms with E-state index in [1.165, 1.54) is 0 Å². The second-order valence-corrected chi connectivity index (χ2v) is 3.75. The molecule has 0 aliphatic rings. The Morgan fingerprint density at radius 1 is 1.44 bits per heavy atom. The molecule has 0 heterocycles. The molecule has 0 aromatic heterocycles. The Morgan fingerprint density at radius 3 is 2.83 bits per heavy atom. The molecular formula is C13H20N2O3. The first-order chi connectivity index (χ1) is 8.71. The Morgan fingerprint density at radius 2 is 2.22 bits per heavy atom. The number of amides is 1. The Kier molecular flexibility index (Phi) is 6.00. The minimum Gasteiger partial charge on any atom is -0.497 e. The average Bonchev–Trinajstić information content (AvgIpc) is 2.38. The lowest BCUT2D eigenvalue weighted by Gasteiger charge is -2.12. The van der Waals surface area contributed by atoms with Crippen LogP contribution in [-0.4, -0.2) is 32.7 Å².